The number of hydrogen-bond acceptors (Lipinski definition) is 6. The number of thiazole rings is 1. The van der Waals surface area contributed by atoms with E-state index in [9.17, 15) is 14.9 Å². The lowest BCUT2D eigenvalue weighted by Crippen LogP contribution is -2.15. The Balaban J connectivity index is 2.35. The van der Waals surface area contributed by atoms with Crippen molar-refractivity contribution in [3.05, 3.63) is 45.0 Å². The maximum Gasteiger partial charge on any atom is 0.293 e. The summed E-state index contributed by atoms with van der Waals surface area (Å²) in [6.07, 6.45) is 1.65. The van der Waals surface area contributed by atoms with Crippen LogP contribution in [0.1, 0.15) is 22.2 Å². The van der Waals surface area contributed by atoms with Gasteiger partial charge in [0.1, 0.15) is 5.69 Å². The third kappa shape index (κ3) is 3.34. The second-order valence-electron chi connectivity index (χ2n) is 4.22. The smallest absolute Gasteiger partial charge is 0.293 e. The maximum absolute atomic E-state index is 12.3. The first-order valence-electron chi connectivity index (χ1n) is 6.28. The lowest BCUT2D eigenvalue weighted by molar-refractivity contribution is -0.384. The SMILES string of the molecule is CCNc1c(C(=O)Nc2ncc(C)s2)cccc1[N+](=O)[O-]. The molecule has 0 spiro atoms. The lowest BCUT2D eigenvalue weighted by atomic mass is 10.1. The number of aryl methyl sites for hydroxylation is 1. The fourth-order valence-electron chi connectivity index (χ4n) is 1.82. The number of anilines is 2. The minimum Gasteiger partial charge on any atom is -0.379 e. The average molecular weight is 306 g/mol. The molecule has 0 aliphatic heterocycles. The van der Waals surface area contributed by atoms with Crippen LogP contribution < -0.4 is 10.6 Å². The van der Waals surface area contributed by atoms with Crippen LogP contribution in [0, 0.1) is 17.0 Å². The van der Waals surface area contributed by atoms with Crippen LogP contribution in [0.4, 0.5) is 16.5 Å². The van der Waals surface area contributed by atoms with E-state index in [2.05, 4.69) is 15.6 Å². The predicted octanol–water partition coefficient (Wildman–Crippen LogP) is 3.04. The largest absolute Gasteiger partial charge is 0.379 e. The summed E-state index contributed by atoms with van der Waals surface area (Å²) in [6.45, 7) is 4.16. The van der Waals surface area contributed by atoms with E-state index in [4.69, 9.17) is 0 Å². The van der Waals surface area contributed by atoms with Crippen LogP contribution in [0.2, 0.25) is 0 Å². The molecule has 21 heavy (non-hydrogen) atoms. The predicted molar refractivity (Wildman–Crippen MR) is 82.1 cm³/mol. The van der Waals surface area contributed by atoms with E-state index in [1.54, 1.807) is 12.3 Å². The molecule has 2 N–H and O–H groups in total. The van der Waals surface area contributed by atoms with Crippen molar-refractivity contribution in [2.75, 3.05) is 17.2 Å². The Hall–Kier alpha value is -2.48. The van der Waals surface area contributed by atoms with E-state index in [0.717, 1.165) is 4.88 Å². The Labute approximate surface area is 125 Å². The number of nitrogens with one attached hydrogen (secondary N) is 2. The molecule has 0 saturated heterocycles. The molecule has 8 heteroatoms. The van der Waals surface area contributed by atoms with Gasteiger partial charge in [0.15, 0.2) is 5.13 Å². The fraction of sp³-hybridized carbons (Fsp3) is 0.231. The standard InChI is InChI=1S/C13H14N4O3S/c1-3-14-11-9(5-4-6-10(11)17(19)20)12(18)16-13-15-7-8(2)21-13/h4-7,14H,3H2,1-2H3,(H,15,16,18). The summed E-state index contributed by atoms with van der Waals surface area (Å²) in [6, 6.07) is 4.39. The van der Waals surface area contributed by atoms with Crippen LogP contribution in [0.3, 0.4) is 0 Å². The van der Waals surface area contributed by atoms with Gasteiger partial charge in [-0.3, -0.25) is 20.2 Å². The molecule has 1 heterocycles. The highest BCUT2D eigenvalue weighted by atomic mass is 32.1. The molecule has 1 amide bonds. The molecule has 0 radical (unpaired) electrons. The fourth-order valence-corrected chi connectivity index (χ4v) is 2.48. The Bertz CT molecular complexity index is 684. The number of nitro benzene ring substituents is 1. The quantitative estimate of drug-likeness (QED) is 0.653. The lowest BCUT2D eigenvalue weighted by Gasteiger charge is -2.10. The van der Waals surface area contributed by atoms with E-state index in [1.165, 1.54) is 23.5 Å². The van der Waals surface area contributed by atoms with Crippen molar-refractivity contribution in [3.8, 4) is 0 Å². The maximum atomic E-state index is 12.3. The minimum atomic E-state index is -0.512. The highest BCUT2D eigenvalue weighted by Gasteiger charge is 2.21. The van der Waals surface area contributed by atoms with E-state index in [-0.39, 0.29) is 16.9 Å². The van der Waals surface area contributed by atoms with Gasteiger partial charge in [0.05, 0.1) is 10.5 Å². The number of carbonyl (C=O) groups is 1. The van der Waals surface area contributed by atoms with Crippen LogP contribution in [-0.2, 0) is 0 Å². The number of nitrogens with zero attached hydrogens (tertiary/aromatic N) is 2. The summed E-state index contributed by atoms with van der Waals surface area (Å²) in [5.41, 5.74) is 0.314. The van der Waals surface area contributed by atoms with Gasteiger partial charge in [-0.1, -0.05) is 6.07 Å². The second kappa shape index (κ2) is 6.31. The van der Waals surface area contributed by atoms with Gasteiger partial charge < -0.3 is 5.32 Å². The molecule has 7 nitrogen and oxygen atoms in total. The van der Waals surface area contributed by atoms with Gasteiger partial charge in [-0.05, 0) is 19.9 Å². The summed E-state index contributed by atoms with van der Waals surface area (Å²) in [7, 11) is 0. The molecule has 0 aliphatic rings. The Morgan fingerprint density at radius 3 is 2.81 bits per heavy atom. The molecular formula is C13H14N4O3S. The van der Waals surface area contributed by atoms with Crippen molar-refractivity contribution in [1.29, 1.82) is 0 Å². The van der Waals surface area contributed by atoms with Crippen LogP contribution in [0.25, 0.3) is 0 Å². The Kier molecular flexibility index (Phi) is 4.49. The van der Waals surface area contributed by atoms with Crippen LogP contribution >= 0.6 is 11.3 Å². The molecule has 2 aromatic rings. The minimum absolute atomic E-state index is 0.125. The number of carbonyl (C=O) groups excluding carboxylic acids is 1. The van der Waals surface area contributed by atoms with E-state index in [0.29, 0.717) is 11.7 Å². The molecule has 0 saturated carbocycles. The van der Waals surface area contributed by atoms with E-state index < -0.39 is 10.8 Å². The van der Waals surface area contributed by atoms with Crippen LogP contribution in [0.5, 0.6) is 0 Å². The zero-order chi connectivity index (χ0) is 15.4. The van der Waals surface area contributed by atoms with Crippen LogP contribution in [-0.4, -0.2) is 22.4 Å². The molecule has 1 aromatic heterocycles. The Morgan fingerprint density at radius 1 is 1.48 bits per heavy atom. The van der Waals surface area contributed by atoms with Gasteiger partial charge in [0.25, 0.3) is 11.6 Å². The summed E-state index contributed by atoms with van der Waals surface area (Å²) >= 11 is 1.34. The molecule has 0 unspecified atom stereocenters. The van der Waals surface area contributed by atoms with Gasteiger partial charge in [-0.15, -0.1) is 11.3 Å². The number of nitro groups is 1. The summed E-state index contributed by atoms with van der Waals surface area (Å²) in [5, 5.41) is 17.0. The molecule has 1 aromatic carbocycles. The van der Waals surface area contributed by atoms with Crippen molar-refractivity contribution in [2.45, 2.75) is 13.8 Å². The Morgan fingerprint density at radius 2 is 2.24 bits per heavy atom. The molecule has 0 aliphatic carbocycles. The topological polar surface area (TPSA) is 97.2 Å². The number of para-hydroxylation sites is 1. The van der Waals surface area contributed by atoms with Gasteiger partial charge in [0, 0.05) is 23.7 Å². The van der Waals surface area contributed by atoms with Crippen molar-refractivity contribution in [1.82, 2.24) is 4.98 Å². The molecule has 0 fully saturated rings. The third-order valence-corrected chi connectivity index (χ3v) is 3.51. The molecular weight excluding hydrogens is 292 g/mol. The van der Waals surface area contributed by atoms with Gasteiger partial charge in [0.2, 0.25) is 0 Å². The highest BCUT2D eigenvalue weighted by Crippen LogP contribution is 2.29. The number of aromatic nitrogens is 1. The first-order valence-corrected chi connectivity index (χ1v) is 7.09. The highest BCUT2D eigenvalue weighted by molar-refractivity contribution is 7.15. The van der Waals surface area contributed by atoms with Gasteiger partial charge in [-0.25, -0.2) is 4.98 Å². The zero-order valence-corrected chi connectivity index (χ0v) is 12.4. The van der Waals surface area contributed by atoms with Crippen molar-refractivity contribution in [3.63, 3.8) is 0 Å². The third-order valence-electron chi connectivity index (χ3n) is 2.68. The van der Waals surface area contributed by atoms with Gasteiger partial charge >= 0.3 is 0 Å². The van der Waals surface area contributed by atoms with Gasteiger partial charge in [-0.2, -0.15) is 0 Å². The summed E-state index contributed by atoms with van der Waals surface area (Å²) in [4.78, 5) is 27.8. The first-order chi connectivity index (χ1) is 10.0. The molecule has 2 rings (SSSR count). The first kappa shape index (κ1) is 14.9. The number of amides is 1. The number of hydrogen-bond donors (Lipinski definition) is 2. The zero-order valence-electron chi connectivity index (χ0n) is 11.5. The second-order valence-corrected chi connectivity index (χ2v) is 5.45. The van der Waals surface area contributed by atoms with Crippen molar-refractivity contribution in [2.24, 2.45) is 0 Å². The normalized spacial score (nSPS) is 10.2. The molecule has 0 bridgehead atoms. The average Bonchev–Trinajstić information content (AvgIpc) is 2.84. The van der Waals surface area contributed by atoms with E-state index in [1.807, 2.05) is 13.8 Å². The molecule has 110 valence electrons. The number of benzene rings is 1. The summed E-state index contributed by atoms with van der Waals surface area (Å²) in [5.74, 6) is -0.427. The van der Waals surface area contributed by atoms with Crippen LogP contribution in [0.15, 0.2) is 24.4 Å². The van der Waals surface area contributed by atoms with Crippen molar-refractivity contribution < 1.29 is 9.72 Å². The molecule has 0 atom stereocenters. The summed E-state index contributed by atoms with van der Waals surface area (Å²) < 4.78 is 0. The number of rotatable bonds is 5. The van der Waals surface area contributed by atoms with E-state index >= 15 is 0 Å². The van der Waals surface area contributed by atoms with Crippen molar-refractivity contribution >= 4 is 33.8 Å². The monoisotopic (exact) mass is 306 g/mol.